The van der Waals surface area contributed by atoms with E-state index in [0.29, 0.717) is 63.1 Å². The van der Waals surface area contributed by atoms with Crippen LogP contribution < -0.4 is 20.1 Å². The molecule has 2 heterocycles. The Morgan fingerprint density at radius 3 is 2.74 bits per heavy atom. The fourth-order valence-corrected chi connectivity index (χ4v) is 8.90. The van der Waals surface area contributed by atoms with Gasteiger partial charge in [-0.2, -0.15) is 5.26 Å². The van der Waals surface area contributed by atoms with Crippen LogP contribution in [-0.4, -0.2) is 37.6 Å². The van der Waals surface area contributed by atoms with Crippen LogP contribution in [-0.2, 0) is 11.4 Å². The van der Waals surface area contributed by atoms with Gasteiger partial charge in [-0.25, -0.2) is 4.39 Å². The number of carbonyl (C=O) groups is 1. The smallest absolute Gasteiger partial charge is 0.225 e. The van der Waals surface area contributed by atoms with Crippen molar-refractivity contribution in [1.82, 2.24) is 4.98 Å². The predicted octanol–water partition coefficient (Wildman–Crippen LogP) is 8.12. The number of aromatic nitrogens is 1. The Morgan fingerprint density at radius 1 is 1.21 bits per heavy atom. The molecule has 9 nitrogen and oxygen atoms in total. The molecule has 224 valence electrons. The molecule has 0 bridgehead atoms. The maximum atomic E-state index is 13.5. The molecule has 1 aliphatic rings. The Balaban J connectivity index is 1.41. The summed E-state index contributed by atoms with van der Waals surface area (Å²) < 4.78 is 44.9. The van der Waals surface area contributed by atoms with E-state index in [1.54, 1.807) is 42.5 Å². The first-order valence-electron chi connectivity index (χ1n) is 13.3. The fraction of sp³-hybridized carbons (Fsp3) is 0.233. The zero-order valence-corrected chi connectivity index (χ0v) is 25.4. The van der Waals surface area contributed by atoms with Crippen LogP contribution in [0.2, 0.25) is 5.02 Å². The van der Waals surface area contributed by atoms with Crippen LogP contribution in [0.25, 0.3) is 10.9 Å². The van der Waals surface area contributed by atoms with Gasteiger partial charge in [-0.3, -0.25) is 18.9 Å². The topological polar surface area (TPSA) is 137 Å². The summed E-state index contributed by atoms with van der Waals surface area (Å²) in [6.07, 6.45) is 2.10. The normalized spacial score (nSPS) is 16.3. The molecule has 0 spiro atoms. The summed E-state index contributed by atoms with van der Waals surface area (Å²) in [5.41, 5.74) is 2.88. The second-order valence-corrected chi connectivity index (χ2v) is 14.8. The Kier molecular flexibility index (Phi) is 9.49. The highest BCUT2D eigenvalue weighted by Crippen LogP contribution is 2.61. The highest BCUT2D eigenvalue weighted by atomic mass is 35.5. The van der Waals surface area contributed by atoms with E-state index in [1.807, 2.05) is 6.92 Å². The number of pyridine rings is 1. The van der Waals surface area contributed by atoms with Gasteiger partial charge in [0.2, 0.25) is 5.91 Å². The minimum Gasteiger partial charge on any atom is -0.492 e. The molecule has 1 unspecified atom stereocenters. The number of hydrogen-bond acceptors (Lipinski definition) is 9. The van der Waals surface area contributed by atoms with Crippen molar-refractivity contribution in [3.05, 3.63) is 82.8 Å². The Bertz CT molecular complexity index is 1720. The lowest BCUT2D eigenvalue weighted by Gasteiger charge is -2.24. The van der Waals surface area contributed by atoms with Crippen molar-refractivity contribution in [1.29, 1.82) is 5.26 Å². The second kappa shape index (κ2) is 13.3. The number of anilines is 3. The summed E-state index contributed by atoms with van der Waals surface area (Å²) >= 11 is 6.50. The van der Waals surface area contributed by atoms with Gasteiger partial charge in [0, 0.05) is 40.8 Å². The van der Waals surface area contributed by atoms with Gasteiger partial charge in [-0.15, -0.1) is 9.62 Å². The molecule has 4 aromatic rings. The van der Waals surface area contributed by atoms with Gasteiger partial charge in [0.05, 0.1) is 34.1 Å². The molecule has 43 heavy (non-hydrogen) atoms. The molecule has 1 atom stereocenters. The molecule has 1 saturated heterocycles. The Morgan fingerprint density at radius 2 is 2.05 bits per heavy atom. The van der Waals surface area contributed by atoms with Crippen LogP contribution >= 0.6 is 32.0 Å². The highest BCUT2D eigenvalue weighted by Gasteiger charge is 2.31. The molecular weight excluding hydrogens is 615 g/mol. The van der Waals surface area contributed by atoms with E-state index in [2.05, 4.69) is 21.7 Å². The lowest BCUT2D eigenvalue weighted by Crippen LogP contribution is -2.17. The lowest BCUT2D eigenvalue weighted by atomic mass is 10.1. The van der Waals surface area contributed by atoms with E-state index in [9.17, 15) is 23.6 Å². The maximum Gasteiger partial charge on any atom is 0.225 e. The fourth-order valence-electron chi connectivity index (χ4n) is 4.58. The van der Waals surface area contributed by atoms with Crippen molar-refractivity contribution in [2.24, 2.45) is 0 Å². The zero-order valence-electron chi connectivity index (χ0n) is 23.0. The number of carbonyl (C=O) groups excluding carboxylic acids is 1. The van der Waals surface area contributed by atoms with Crippen molar-refractivity contribution in [3.63, 3.8) is 0 Å². The third-order valence-electron chi connectivity index (χ3n) is 6.56. The minimum absolute atomic E-state index is 0.109. The van der Waals surface area contributed by atoms with Gasteiger partial charge in [-0.05, 0) is 66.1 Å². The van der Waals surface area contributed by atoms with Crippen molar-refractivity contribution in [2.75, 3.05) is 23.0 Å². The number of nitrogens with one attached hydrogen (secondary N) is 2. The second-order valence-electron chi connectivity index (χ2n) is 9.72. The predicted molar refractivity (Wildman–Crippen MR) is 170 cm³/mol. The van der Waals surface area contributed by atoms with Crippen LogP contribution in [0.5, 0.6) is 11.5 Å². The van der Waals surface area contributed by atoms with E-state index in [4.69, 9.17) is 21.1 Å². The van der Waals surface area contributed by atoms with Crippen molar-refractivity contribution in [3.8, 4) is 17.6 Å². The largest absolute Gasteiger partial charge is 0.492 e. The molecule has 5 rings (SSSR count). The standard InChI is InChI=1S/C30H28ClFN4O5S2/c1-2-40-28-14-25-23(13-26(28)36-29(37)12-22-8-9-43(38,39)42-22)30(19(15-33)16-34-25)35-21-6-7-27(24(31)11-21)41-17-18-4-3-5-20(32)10-18/h3-7,10-11,13-14,16,22,38-39H,2,8-9,12,17H2,1H3,(H,34,35)(H,36,37). The monoisotopic (exact) mass is 642 g/mol. The van der Waals surface area contributed by atoms with E-state index in [1.165, 1.54) is 18.3 Å². The minimum atomic E-state index is -2.69. The van der Waals surface area contributed by atoms with Gasteiger partial charge < -0.3 is 20.1 Å². The first-order chi connectivity index (χ1) is 20.6. The Labute approximate surface area is 258 Å². The van der Waals surface area contributed by atoms with Crippen molar-refractivity contribution in [2.45, 2.75) is 31.6 Å². The summed E-state index contributed by atoms with van der Waals surface area (Å²) in [6.45, 7) is 2.31. The number of benzene rings is 3. The first-order valence-corrected chi connectivity index (χ1v) is 16.8. The van der Waals surface area contributed by atoms with E-state index < -0.39 is 9.62 Å². The van der Waals surface area contributed by atoms with Crippen molar-refractivity contribution >= 4 is 65.9 Å². The Hall–Kier alpha value is -3.73. The van der Waals surface area contributed by atoms with Crippen LogP contribution in [0.4, 0.5) is 21.5 Å². The number of rotatable bonds is 10. The summed E-state index contributed by atoms with van der Waals surface area (Å²) in [5, 5.41) is 16.7. The van der Waals surface area contributed by atoms with Gasteiger partial charge in [-0.1, -0.05) is 23.7 Å². The molecule has 1 aliphatic heterocycles. The summed E-state index contributed by atoms with van der Waals surface area (Å²) in [5.74, 6) is 0.447. The van der Waals surface area contributed by atoms with Crippen LogP contribution in [0, 0.1) is 17.1 Å². The number of nitriles is 1. The molecule has 3 aromatic carbocycles. The van der Waals surface area contributed by atoms with Gasteiger partial charge in [0.25, 0.3) is 0 Å². The maximum absolute atomic E-state index is 13.5. The average molecular weight is 643 g/mol. The van der Waals surface area contributed by atoms with Crippen LogP contribution in [0.1, 0.15) is 30.9 Å². The first kappa shape index (κ1) is 30.7. The number of fused-ring (bicyclic) bond motifs is 1. The molecule has 1 fully saturated rings. The quantitative estimate of drug-likeness (QED) is 0.126. The number of halogens is 2. The summed E-state index contributed by atoms with van der Waals surface area (Å²) in [4.78, 5) is 17.4. The van der Waals surface area contributed by atoms with Crippen molar-refractivity contribution < 1.29 is 27.8 Å². The third kappa shape index (κ3) is 7.62. The molecular formula is C30H28ClFN4O5S2. The van der Waals surface area contributed by atoms with E-state index in [0.717, 1.165) is 10.8 Å². The van der Waals surface area contributed by atoms with E-state index in [-0.39, 0.29) is 41.3 Å². The third-order valence-corrected chi connectivity index (χ3v) is 10.8. The highest BCUT2D eigenvalue weighted by molar-refractivity contribution is 8.90. The molecule has 1 amide bonds. The summed E-state index contributed by atoms with van der Waals surface area (Å²) in [7, 11) is -1.64. The SMILES string of the molecule is CCOc1cc2ncc(C#N)c(Nc3ccc(OCc4cccc(F)c4)c(Cl)c3)c2cc1NC(=O)CC1CCS(O)(O)S1. The van der Waals surface area contributed by atoms with Gasteiger partial charge in [0.15, 0.2) is 0 Å². The molecule has 0 aliphatic carbocycles. The number of amides is 1. The van der Waals surface area contributed by atoms with Crippen LogP contribution in [0.3, 0.4) is 0 Å². The molecule has 1 aromatic heterocycles. The van der Waals surface area contributed by atoms with Crippen LogP contribution in [0.15, 0.2) is 60.8 Å². The average Bonchev–Trinajstić information content (AvgIpc) is 3.31. The van der Waals surface area contributed by atoms with Gasteiger partial charge >= 0.3 is 0 Å². The van der Waals surface area contributed by atoms with Gasteiger partial charge in [0.1, 0.15) is 30.0 Å². The lowest BCUT2D eigenvalue weighted by molar-refractivity contribution is -0.116. The number of ether oxygens (including phenoxy) is 2. The van der Waals surface area contributed by atoms with E-state index >= 15 is 0 Å². The molecule has 0 radical (unpaired) electrons. The molecule has 0 saturated carbocycles. The molecule has 4 N–H and O–H groups in total. The summed E-state index contributed by atoms with van der Waals surface area (Å²) in [6, 6.07) is 16.7. The molecule has 13 heteroatoms. The number of nitrogens with zero attached hydrogens (tertiary/aromatic N) is 2. The number of hydrogen-bond donors (Lipinski definition) is 4. The zero-order chi connectivity index (χ0) is 30.6.